The van der Waals surface area contributed by atoms with Crippen LogP contribution in [-0.4, -0.2) is 9.97 Å². The Bertz CT molecular complexity index is 980. The van der Waals surface area contributed by atoms with Crippen LogP contribution < -0.4 is 0 Å². The molecule has 2 aromatic carbocycles. The monoisotopic (exact) mass is 382 g/mol. The highest BCUT2D eigenvalue weighted by Crippen LogP contribution is 2.24. The SMILES string of the molecule is Clc1ccc(-c2nc(CSCc3coc(-c4ccccc4)n3)co2)cc1. The minimum atomic E-state index is 0.602. The summed E-state index contributed by atoms with van der Waals surface area (Å²) in [7, 11) is 0. The first kappa shape index (κ1) is 16.9. The van der Waals surface area contributed by atoms with Gasteiger partial charge in [-0.25, -0.2) is 9.97 Å². The van der Waals surface area contributed by atoms with Gasteiger partial charge in [0.1, 0.15) is 12.5 Å². The summed E-state index contributed by atoms with van der Waals surface area (Å²) in [5, 5.41) is 0.693. The molecule has 0 bridgehead atoms. The van der Waals surface area contributed by atoms with Gasteiger partial charge in [-0.15, -0.1) is 11.8 Å². The van der Waals surface area contributed by atoms with Crippen molar-refractivity contribution in [3.8, 4) is 22.9 Å². The third-order valence-corrected chi connectivity index (χ3v) is 4.97. The smallest absolute Gasteiger partial charge is 0.226 e. The van der Waals surface area contributed by atoms with E-state index in [1.807, 2.05) is 54.6 Å². The molecule has 4 rings (SSSR count). The minimum Gasteiger partial charge on any atom is -0.444 e. The third-order valence-electron chi connectivity index (χ3n) is 3.72. The van der Waals surface area contributed by atoms with Gasteiger partial charge in [0, 0.05) is 27.7 Å². The van der Waals surface area contributed by atoms with Crippen molar-refractivity contribution in [1.29, 1.82) is 0 Å². The molecule has 26 heavy (non-hydrogen) atoms. The second-order valence-electron chi connectivity index (χ2n) is 5.65. The lowest BCUT2D eigenvalue weighted by Gasteiger charge is -1.96. The maximum atomic E-state index is 5.90. The molecule has 0 saturated carbocycles. The molecule has 0 atom stereocenters. The lowest BCUT2D eigenvalue weighted by molar-refractivity contribution is 0.573. The fraction of sp³-hybridized carbons (Fsp3) is 0.100. The summed E-state index contributed by atoms with van der Waals surface area (Å²) in [5.74, 6) is 2.74. The van der Waals surface area contributed by atoms with Crippen LogP contribution in [0.5, 0.6) is 0 Å². The standard InChI is InChI=1S/C20H15ClN2O2S/c21-16-8-6-15(7-9-16)20-23-18(11-25-20)13-26-12-17-10-24-19(22-17)14-4-2-1-3-5-14/h1-11H,12-13H2. The molecule has 2 aromatic heterocycles. The highest BCUT2D eigenvalue weighted by molar-refractivity contribution is 7.97. The predicted molar refractivity (Wildman–Crippen MR) is 104 cm³/mol. The van der Waals surface area contributed by atoms with Crippen molar-refractivity contribution in [2.75, 3.05) is 0 Å². The van der Waals surface area contributed by atoms with E-state index in [1.165, 1.54) is 0 Å². The van der Waals surface area contributed by atoms with Gasteiger partial charge in [0.25, 0.3) is 0 Å². The van der Waals surface area contributed by atoms with Gasteiger partial charge in [0.15, 0.2) is 0 Å². The zero-order valence-corrected chi connectivity index (χ0v) is 15.3. The van der Waals surface area contributed by atoms with E-state index in [0.717, 1.165) is 34.0 Å². The van der Waals surface area contributed by atoms with Crippen LogP contribution in [0.25, 0.3) is 22.9 Å². The highest BCUT2D eigenvalue weighted by atomic mass is 35.5. The minimum absolute atomic E-state index is 0.602. The number of hydrogen-bond donors (Lipinski definition) is 0. The van der Waals surface area contributed by atoms with Crippen molar-refractivity contribution in [2.24, 2.45) is 0 Å². The van der Waals surface area contributed by atoms with Crippen molar-refractivity contribution in [1.82, 2.24) is 9.97 Å². The van der Waals surface area contributed by atoms with Crippen molar-refractivity contribution in [3.05, 3.63) is 83.5 Å². The first-order valence-electron chi connectivity index (χ1n) is 8.06. The molecule has 0 aliphatic heterocycles. The molecule has 6 heteroatoms. The Morgan fingerprint density at radius 1 is 0.731 bits per heavy atom. The van der Waals surface area contributed by atoms with E-state index < -0.39 is 0 Å². The zero-order chi connectivity index (χ0) is 17.8. The Labute approximate surface area is 160 Å². The molecule has 0 unspecified atom stereocenters. The van der Waals surface area contributed by atoms with E-state index in [9.17, 15) is 0 Å². The summed E-state index contributed by atoms with van der Waals surface area (Å²) in [5.41, 5.74) is 3.70. The Kier molecular flexibility index (Phi) is 5.09. The van der Waals surface area contributed by atoms with Gasteiger partial charge in [0.2, 0.25) is 11.8 Å². The molecule has 0 N–H and O–H groups in total. The van der Waals surface area contributed by atoms with Crippen LogP contribution >= 0.6 is 23.4 Å². The van der Waals surface area contributed by atoms with Crippen molar-refractivity contribution < 1.29 is 8.83 Å². The van der Waals surface area contributed by atoms with Gasteiger partial charge in [-0.3, -0.25) is 0 Å². The Morgan fingerprint density at radius 3 is 1.85 bits per heavy atom. The molecule has 0 aliphatic carbocycles. The second-order valence-corrected chi connectivity index (χ2v) is 7.08. The van der Waals surface area contributed by atoms with Crippen molar-refractivity contribution in [2.45, 2.75) is 11.5 Å². The third kappa shape index (κ3) is 4.00. The summed E-state index contributed by atoms with van der Waals surface area (Å²) in [6, 6.07) is 17.3. The molecule has 130 valence electrons. The molecule has 0 fully saturated rings. The summed E-state index contributed by atoms with van der Waals surface area (Å²) < 4.78 is 11.1. The van der Waals surface area contributed by atoms with Crippen molar-refractivity contribution in [3.63, 3.8) is 0 Å². The topological polar surface area (TPSA) is 52.1 Å². The van der Waals surface area contributed by atoms with Gasteiger partial charge in [0.05, 0.1) is 11.4 Å². The number of aromatic nitrogens is 2. The Morgan fingerprint density at radius 2 is 1.27 bits per heavy atom. The summed E-state index contributed by atoms with van der Waals surface area (Å²) in [6.07, 6.45) is 3.40. The average molecular weight is 383 g/mol. The summed E-state index contributed by atoms with van der Waals surface area (Å²) in [4.78, 5) is 9.05. The van der Waals surface area contributed by atoms with Crippen molar-refractivity contribution >= 4 is 23.4 Å². The fourth-order valence-electron chi connectivity index (χ4n) is 2.45. The predicted octanol–water partition coefficient (Wildman–Crippen LogP) is 6.08. The molecule has 0 aliphatic rings. The summed E-state index contributed by atoms with van der Waals surface area (Å²) in [6.45, 7) is 0. The van der Waals surface area contributed by atoms with Gasteiger partial charge in [-0.05, 0) is 36.4 Å². The van der Waals surface area contributed by atoms with Gasteiger partial charge in [-0.1, -0.05) is 29.8 Å². The maximum absolute atomic E-state index is 5.90. The van der Waals surface area contributed by atoms with E-state index in [-0.39, 0.29) is 0 Å². The van der Waals surface area contributed by atoms with E-state index in [0.29, 0.717) is 16.8 Å². The van der Waals surface area contributed by atoms with E-state index >= 15 is 0 Å². The van der Waals surface area contributed by atoms with Crippen LogP contribution in [0.4, 0.5) is 0 Å². The molecular weight excluding hydrogens is 368 g/mol. The van der Waals surface area contributed by atoms with Gasteiger partial charge in [-0.2, -0.15) is 0 Å². The van der Waals surface area contributed by atoms with Gasteiger partial charge >= 0.3 is 0 Å². The number of thioether (sulfide) groups is 1. The normalized spacial score (nSPS) is 11.0. The first-order valence-corrected chi connectivity index (χ1v) is 9.59. The second kappa shape index (κ2) is 7.81. The molecule has 0 spiro atoms. The first-order chi connectivity index (χ1) is 12.8. The average Bonchev–Trinajstić information content (AvgIpc) is 3.33. The van der Waals surface area contributed by atoms with E-state index in [4.69, 9.17) is 20.4 Å². The Balaban J connectivity index is 1.34. The van der Waals surface area contributed by atoms with Crippen LogP contribution in [-0.2, 0) is 11.5 Å². The molecule has 2 heterocycles. The van der Waals surface area contributed by atoms with Gasteiger partial charge < -0.3 is 8.83 Å². The van der Waals surface area contributed by atoms with E-state index in [1.54, 1.807) is 24.3 Å². The number of halogens is 1. The molecule has 0 saturated heterocycles. The molecular formula is C20H15ClN2O2S. The number of nitrogens with zero attached hydrogens (tertiary/aromatic N) is 2. The number of oxazole rings is 2. The lowest BCUT2D eigenvalue weighted by atomic mass is 10.2. The fourth-order valence-corrected chi connectivity index (χ4v) is 3.36. The van der Waals surface area contributed by atoms with Crippen LogP contribution in [0.15, 0.2) is 76.0 Å². The number of rotatable bonds is 6. The lowest BCUT2D eigenvalue weighted by Crippen LogP contribution is -1.85. The molecule has 0 amide bonds. The van der Waals surface area contributed by atoms with Crippen LogP contribution in [0.2, 0.25) is 5.02 Å². The maximum Gasteiger partial charge on any atom is 0.226 e. The number of benzene rings is 2. The number of hydrogen-bond acceptors (Lipinski definition) is 5. The van der Waals surface area contributed by atoms with Crippen LogP contribution in [0, 0.1) is 0 Å². The highest BCUT2D eigenvalue weighted by Gasteiger charge is 2.09. The summed E-state index contributed by atoms with van der Waals surface area (Å²) >= 11 is 7.62. The van der Waals surface area contributed by atoms with Crippen LogP contribution in [0.1, 0.15) is 11.4 Å². The van der Waals surface area contributed by atoms with E-state index in [2.05, 4.69) is 9.97 Å². The Hall–Kier alpha value is -2.50. The molecule has 4 aromatic rings. The molecule has 4 nitrogen and oxygen atoms in total. The zero-order valence-electron chi connectivity index (χ0n) is 13.8. The largest absolute Gasteiger partial charge is 0.444 e. The quantitative estimate of drug-likeness (QED) is 0.404. The van der Waals surface area contributed by atoms with Crippen LogP contribution in [0.3, 0.4) is 0 Å². The molecule has 0 radical (unpaired) electrons.